The predicted octanol–water partition coefficient (Wildman–Crippen LogP) is 2.92. The van der Waals surface area contributed by atoms with Gasteiger partial charge in [-0.2, -0.15) is 0 Å². The summed E-state index contributed by atoms with van der Waals surface area (Å²) in [4.78, 5) is 48.3. The lowest BCUT2D eigenvalue weighted by atomic mass is 9.99. The lowest BCUT2D eigenvalue weighted by Crippen LogP contribution is -2.55. The number of hydrogen-bond acceptors (Lipinski definition) is 6. The first-order valence-electron chi connectivity index (χ1n) is 12.1. The van der Waals surface area contributed by atoms with E-state index in [0.29, 0.717) is 38.0 Å². The molecule has 1 saturated heterocycles. The van der Waals surface area contributed by atoms with Crippen molar-refractivity contribution in [3.63, 3.8) is 0 Å². The van der Waals surface area contributed by atoms with E-state index in [1.807, 2.05) is 41.6 Å². The maximum Gasteiger partial charge on any atom is 0.324 e. The maximum absolute atomic E-state index is 13.5. The third kappa shape index (κ3) is 3.56. The summed E-state index contributed by atoms with van der Waals surface area (Å²) < 4.78 is 0. The average Bonchev–Trinajstić information content (AvgIpc) is 3.33. The number of nitrogens with one attached hydrogen (secondary N) is 1. The molecule has 0 spiro atoms. The van der Waals surface area contributed by atoms with Crippen molar-refractivity contribution in [3.05, 3.63) is 48.4 Å². The molecule has 184 valence electrons. The molecule has 6 heterocycles. The lowest BCUT2D eigenvalue weighted by molar-refractivity contribution is -0.140. The van der Waals surface area contributed by atoms with Crippen LogP contribution < -0.4 is 4.90 Å². The number of pyridine rings is 3. The molecule has 1 fully saturated rings. The second-order valence-electron chi connectivity index (χ2n) is 9.54. The van der Waals surface area contributed by atoms with Crippen molar-refractivity contribution in [2.75, 3.05) is 25.0 Å². The molecular weight excluding hydrogens is 458 g/mol. The molecule has 2 N–H and O–H groups in total. The van der Waals surface area contributed by atoms with Gasteiger partial charge in [-0.05, 0) is 44.0 Å². The van der Waals surface area contributed by atoms with Crippen molar-refractivity contribution in [1.29, 1.82) is 0 Å². The van der Waals surface area contributed by atoms with Crippen LogP contribution in [0.25, 0.3) is 33.3 Å². The van der Waals surface area contributed by atoms with Crippen molar-refractivity contribution in [3.8, 4) is 11.3 Å². The molecule has 4 aromatic rings. The number of urea groups is 1. The molecule has 4 aromatic heterocycles. The Bertz CT molecular complexity index is 1490. The number of fused-ring (bicyclic) bond motifs is 4. The third-order valence-electron chi connectivity index (χ3n) is 7.17. The Morgan fingerprint density at radius 3 is 2.78 bits per heavy atom. The van der Waals surface area contributed by atoms with Crippen molar-refractivity contribution < 1.29 is 14.7 Å². The van der Waals surface area contributed by atoms with Crippen LogP contribution in [0.4, 0.5) is 10.5 Å². The van der Waals surface area contributed by atoms with E-state index < -0.39 is 6.10 Å². The molecule has 36 heavy (non-hydrogen) atoms. The van der Waals surface area contributed by atoms with Crippen LogP contribution in [0.3, 0.4) is 0 Å². The van der Waals surface area contributed by atoms with Gasteiger partial charge in [-0.25, -0.2) is 14.8 Å². The summed E-state index contributed by atoms with van der Waals surface area (Å²) in [6.45, 7) is 2.92. The molecule has 0 saturated carbocycles. The van der Waals surface area contributed by atoms with Gasteiger partial charge in [0, 0.05) is 61.3 Å². The number of anilines is 1. The van der Waals surface area contributed by atoms with E-state index in [9.17, 15) is 14.7 Å². The fraction of sp³-hybridized carbons (Fsp3) is 0.346. The maximum atomic E-state index is 13.5. The number of H-pyrrole nitrogens is 1. The summed E-state index contributed by atoms with van der Waals surface area (Å²) in [7, 11) is 1.79. The van der Waals surface area contributed by atoms with Crippen LogP contribution in [-0.2, 0) is 11.3 Å². The fourth-order valence-electron chi connectivity index (χ4n) is 5.34. The highest BCUT2D eigenvalue weighted by molar-refractivity contribution is 6.04. The van der Waals surface area contributed by atoms with Gasteiger partial charge in [-0.3, -0.25) is 14.7 Å². The minimum Gasteiger partial charge on any atom is -0.384 e. The average molecular weight is 486 g/mol. The first-order chi connectivity index (χ1) is 17.4. The Kier molecular flexibility index (Phi) is 5.33. The predicted molar refractivity (Wildman–Crippen MR) is 135 cm³/mol. The SMILES string of the molecule is C[C@H](O)C(=O)N1CCC(N2C(=O)N(C)Cc3cnc4ccc(-c5c[nH]c6ncccc56)nc4c32)CC1. The lowest BCUT2D eigenvalue weighted by Gasteiger charge is -2.43. The molecular formula is C26H27N7O3. The number of amides is 3. The molecule has 0 aliphatic carbocycles. The number of aromatic nitrogens is 4. The van der Waals surface area contributed by atoms with Gasteiger partial charge < -0.3 is 19.9 Å². The first-order valence-corrected chi connectivity index (χ1v) is 12.1. The molecule has 6 rings (SSSR count). The van der Waals surface area contributed by atoms with Crippen LogP contribution in [0.1, 0.15) is 25.3 Å². The van der Waals surface area contributed by atoms with Gasteiger partial charge in [0.15, 0.2) is 0 Å². The second kappa shape index (κ2) is 8.56. The Morgan fingerprint density at radius 2 is 2.00 bits per heavy atom. The van der Waals surface area contributed by atoms with E-state index in [-0.39, 0.29) is 18.0 Å². The highest BCUT2D eigenvalue weighted by atomic mass is 16.3. The smallest absolute Gasteiger partial charge is 0.324 e. The molecule has 0 bridgehead atoms. The molecule has 1 atom stereocenters. The third-order valence-corrected chi connectivity index (χ3v) is 7.17. The fourth-order valence-corrected chi connectivity index (χ4v) is 5.34. The Balaban J connectivity index is 1.43. The first kappa shape index (κ1) is 22.4. The number of carbonyl (C=O) groups excluding carboxylic acids is 2. The standard InChI is InChI=1S/C26H27N7O3/c1-15(34)25(35)32-10-7-17(8-11-32)33-23-16(14-31(2)26(33)36)12-28-21-6-5-20(30-22(21)23)19-13-29-24-18(19)4-3-9-27-24/h3-6,9,12-13,15,17,34H,7-8,10-11,14H2,1-2H3,(H,27,29)/t15-/m0/s1. The Labute approximate surface area is 207 Å². The van der Waals surface area contributed by atoms with Gasteiger partial charge in [0.1, 0.15) is 17.3 Å². The second-order valence-corrected chi connectivity index (χ2v) is 9.54. The van der Waals surface area contributed by atoms with Crippen molar-refractivity contribution in [1.82, 2.24) is 29.7 Å². The summed E-state index contributed by atoms with van der Waals surface area (Å²) in [5.41, 5.74) is 5.65. The van der Waals surface area contributed by atoms with Crippen molar-refractivity contribution in [2.24, 2.45) is 0 Å². The van der Waals surface area contributed by atoms with Crippen LogP contribution in [0.15, 0.2) is 42.9 Å². The monoisotopic (exact) mass is 485 g/mol. The summed E-state index contributed by atoms with van der Waals surface area (Å²) in [6, 6.07) is 7.61. The number of hydrogen-bond donors (Lipinski definition) is 2. The van der Waals surface area contributed by atoms with E-state index in [1.165, 1.54) is 6.92 Å². The Morgan fingerprint density at radius 1 is 1.19 bits per heavy atom. The number of aliphatic hydroxyl groups excluding tert-OH is 1. The quantitative estimate of drug-likeness (QED) is 0.461. The molecule has 2 aliphatic rings. The summed E-state index contributed by atoms with van der Waals surface area (Å²) >= 11 is 0. The van der Waals surface area contributed by atoms with Crippen LogP contribution in [0, 0.1) is 0 Å². The molecule has 3 amide bonds. The zero-order valence-electron chi connectivity index (χ0n) is 20.2. The van der Waals surface area contributed by atoms with Crippen LogP contribution >= 0.6 is 0 Å². The summed E-state index contributed by atoms with van der Waals surface area (Å²) in [6.07, 6.45) is 5.69. The normalized spacial score (nSPS) is 17.6. The van der Waals surface area contributed by atoms with Gasteiger partial charge in [0.25, 0.3) is 5.91 Å². The van der Waals surface area contributed by atoms with Gasteiger partial charge in [-0.1, -0.05) is 0 Å². The van der Waals surface area contributed by atoms with Gasteiger partial charge >= 0.3 is 6.03 Å². The minimum absolute atomic E-state index is 0.0844. The van der Waals surface area contributed by atoms with Crippen LogP contribution in [0.5, 0.6) is 0 Å². The van der Waals surface area contributed by atoms with E-state index in [2.05, 4.69) is 15.0 Å². The van der Waals surface area contributed by atoms with Crippen LogP contribution in [0.2, 0.25) is 0 Å². The largest absolute Gasteiger partial charge is 0.384 e. The van der Waals surface area contributed by atoms with E-state index in [4.69, 9.17) is 4.98 Å². The highest BCUT2D eigenvalue weighted by Crippen LogP contribution is 2.38. The van der Waals surface area contributed by atoms with Crippen LogP contribution in [-0.4, -0.2) is 79.1 Å². The molecule has 10 heteroatoms. The van der Waals surface area contributed by atoms with Gasteiger partial charge in [-0.15, -0.1) is 0 Å². The zero-order chi connectivity index (χ0) is 25.0. The van der Waals surface area contributed by atoms with E-state index in [1.54, 1.807) is 23.0 Å². The number of piperidine rings is 1. The van der Waals surface area contributed by atoms with E-state index >= 15 is 0 Å². The van der Waals surface area contributed by atoms with Gasteiger partial charge in [0.2, 0.25) is 0 Å². The number of aromatic amines is 1. The number of carbonyl (C=O) groups is 2. The number of aliphatic hydroxyl groups is 1. The highest BCUT2D eigenvalue weighted by Gasteiger charge is 2.38. The molecule has 0 unspecified atom stereocenters. The number of likely N-dealkylation sites (tertiary alicyclic amines) is 1. The zero-order valence-corrected chi connectivity index (χ0v) is 20.2. The van der Waals surface area contributed by atoms with E-state index in [0.717, 1.165) is 39.1 Å². The molecule has 0 aromatic carbocycles. The molecule has 10 nitrogen and oxygen atoms in total. The summed E-state index contributed by atoms with van der Waals surface area (Å²) in [5.74, 6) is -0.273. The molecule has 0 radical (unpaired) electrons. The number of rotatable bonds is 3. The summed E-state index contributed by atoms with van der Waals surface area (Å²) in [5, 5.41) is 10.7. The number of nitrogens with zero attached hydrogens (tertiary/aromatic N) is 6. The Hall–Kier alpha value is -4.05. The topological polar surface area (TPSA) is 119 Å². The van der Waals surface area contributed by atoms with Crippen molar-refractivity contribution in [2.45, 2.75) is 38.5 Å². The minimum atomic E-state index is -1.03. The van der Waals surface area contributed by atoms with Crippen molar-refractivity contribution >= 4 is 39.7 Å². The van der Waals surface area contributed by atoms with Gasteiger partial charge in [0.05, 0.1) is 23.4 Å². The molecule has 2 aliphatic heterocycles.